The quantitative estimate of drug-likeness (QED) is 0.317. The molecular formula is C14H23N3O6. The average Bonchev–Trinajstić information content (AvgIpc) is 2.52. The van der Waals surface area contributed by atoms with Crippen LogP contribution in [0.3, 0.4) is 0 Å². The van der Waals surface area contributed by atoms with Crippen LogP contribution in [0.15, 0.2) is 0 Å². The third kappa shape index (κ3) is 13.0. The van der Waals surface area contributed by atoms with Crippen LogP contribution in [0.2, 0.25) is 0 Å². The van der Waals surface area contributed by atoms with Crippen LogP contribution in [0, 0.1) is 0 Å². The summed E-state index contributed by atoms with van der Waals surface area (Å²) in [5.41, 5.74) is 0. The lowest BCUT2D eigenvalue weighted by Crippen LogP contribution is -2.42. The summed E-state index contributed by atoms with van der Waals surface area (Å²) in [6.45, 7) is 0.744. The number of carbonyl (C=O) groups is 5. The number of methoxy groups -OCH3 is 1. The molecule has 0 aromatic carbocycles. The predicted octanol–water partition coefficient (Wildman–Crippen LogP) is -1.34. The number of unbranched alkanes of at least 4 members (excludes halogenated alkanes) is 1. The fourth-order valence-electron chi connectivity index (χ4n) is 1.45. The predicted molar refractivity (Wildman–Crippen MR) is 80.2 cm³/mol. The van der Waals surface area contributed by atoms with E-state index in [-0.39, 0.29) is 50.1 Å². The molecule has 0 aliphatic carbocycles. The van der Waals surface area contributed by atoms with Crippen LogP contribution < -0.4 is 16.0 Å². The maximum atomic E-state index is 11.5. The standard InChI is InChI=1S/C14H23N3O6/c1-10(18)7-15-12(20)9-17-13(21)8-16-11(19)5-3-4-6-14(22)23-2/h3-9H2,1-2H3,(H,15,20)(H,16,19)(H,17,21). The maximum Gasteiger partial charge on any atom is 0.305 e. The minimum Gasteiger partial charge on any atom is -0.469 e. The van der Waals surface area contributed by atoms with Crippen LogP contribution in [0.4, 0.5) is 0 Å². The molecule has 0 spiro atoms. The summed E-state index contributed by atoms with van der Waals surface area (Å²) in [4.78, 5) is 55.6. The molecule has 0 aromatic heterocycles. The second kappa shape index (κ2) is 12.1. The normalized spacial score (nSPS) is 9.65. The fourth-order valence-corrected chi connectivity index (χ4v) is 1.45. The molecule has 0 heterocycles. The smallest absolute Gasteiger partial charge is 0.305 e. The van der Waals surface area contributed by atoms with E-state index in [1.165, 1.54) is 14.0 Å². The van der Waals surface area contributed by atoms with Crippen LogP contribution in [-0.4, -0.2) is 56.2 Å². The number of hydrogen-bond acceptors (Lipinski definition) is 6. The number of carbonyl (C=O) groups excluding carboxylic acids is 5. The van der Waals surface area contributed by atoms with Crippen molar-refractivity contribution in [1.29, 1.82) is 0 Å². The molecule has 0 aliphatic heterocycles. The van der Waals surface area contributed by atoms with E-state index in [2.05, 4.69) is 20.7 Å². The van der Waals surface area contributed by atoms with Gasteiger partial charge in [-0.05, 0) is 19.8 Å². The van der Waals surface area contributed by atoms with Gasteiger partial charge in [0.25, 0.3) is 0 Å². The van der Waals surface area contributed by atoms with Gasteiger partial charge in [0, 0.05) is 12.8 Å². The maximum absolute atomic E-state index is 11.5. The summed E-state index contributed by atoms with van der Waals surface area (Å²) in [6, 6.07) is 0. The van der Waals surface area contributed by atoms with Crippen molar-refractivity contribution in [2.75, 3.05) is 26.7 Å². The third-order valence-corrected chi connectivity index (χ3v) is 2.69. The monoisotopic (exact) mass is 329 g/mol. The fraction of sp³-hybridized carbons (Fsp3) is 0.643. The highest BCUT2D eigenvalue weighted by Crippen LogP contribution is 2.00. The van der Waals surface area contributed by atoms with Gasteiger partial charge in [-0.25, -0.2) is 0 Å². The molecule has 0 atom stereocenters. The molecule has 0 radical (unpaired) electrons. The van der Waals surface area contributed by atoms with Gasteiger partial charge in [0.15, 0.2) is 0 Å². The summed E-state index contributed by atoms with van der Waals surface area (Å²) in [5, 5.41) is 7.04. The Hall–Kier alpha value is -2.45. The van der Waals surface area contributed by atoms with E-state index in [1.807, 2.05) is 0 Å². The van der Waals surface area contributed by atoms with E-state index < -0.39 is 11.8 Å². The van der Waals surface area contributed by atoms with Crippen molar-refractivity contribution in [3.8, 4) is 0 Å². The van der Waals surface area contributed by atoms with Gasteiger partial charge >= 0.3 is 5.97 Å². The molecule has 3 amide bonds. The molecule has 3 N–H and O–H groups in total. The second-order valence-electron chi connectivity index (χ2n) is 4.82. The Balaban J connectivity index is 3.68. The Bertz CT molecular complexity index is 450. The van der Waals surface area contributed by atoms with Gasteiger partial charge in [-0.2, -0.15) is 0 Å². The lowest BCUT2D eigenvalue weighted by Gasteiger charge is -2.07. The number of esters is 1. The molecule has 9 heteroatoms. The molecule has 23 heavy (non-hydrogen) atoms. The number of Topliss-reactive ketones (excluding diaryl/α,β-unsaturated/α-hetero) is 1. The number of hydrogen-bond donors (Lipinski definition) is 3. The Morgan fingerprint density at radius 2 is 1.22 bits per heavy atom. The molecule has 0 aromatic rings. The van der Waals surface area contributed by atoms with Crippen molar-refractivity contribution in [3.05, 3.63) is 0 Å². The van der Waals surface area contributed by atoms with E-state index in [4.69, 9.17) is 0 Å². The zero-order chi connectivity index (χ0) is 17.7. The first-order valence-electron chi connectivity index (χ1n) is 7.21. The van der Waals surface area contributed by atoms with Gasteiger partial charge in [0.2, 0.25) is 17.7 Å². The highest BCUT2D eigenvalue weighted by Gasteiger charge is 2.08. The van der Waals surface area contributed by atoms with Gasteiger partial charge in [-0.3, -0.25) is 24.0 Å². The first kappa shape index (κ1) is 20.6. The molecule has 0 unspecified atom stereocenters. The van der Waals surface area contributed by atoms with E-state index in [0.717, 1.165) is 0 Å². The molecular weight excluding hydrogens is 306 g/mol. The van der Waals surface area contributed by atoms with E-state index in [9.17, 15) is 24.0 Å². The highest BCUT2D eigenvalue weighted by atomic mass is 16.5. The molecule has 0 saturated carbocycles. The molecule has 0 rings (SSSR count). The van der Waals surface area contributed by atoms with Crippen molar-refractivity contribution in [3.63, 3.8) is 0 Å². The molecule has 0 bridgehead atoms. The molecule has 0 fully saturated rings. The molecule has 130 valence electrons. The molecule has 0 saturated heterocycles. The Morgan fingerprint density at radius 3 is 1.74 bits per heavy atom. The highest BCUT2D eigenvalue weighted by molar-refractivity contribution is 5.89. The van der Waals surface area contributed by atoms with Gasteiger partial charge < -0.3 is 20.7 Å². The number of ketones is 1. The Labute approximate surface area is 134 Å². The lowest BCUT2D eigenvalue weighted by atomic mass is 10.2. The van der Waals surface area contributed by atoms with Crippen molar-refractivity contribution in [1.82, 2.24) is 16.0 Å². The van der Waals surface area contributed by atoms with Gasteiger partial charge in [0.05, 0.1) is 26.7 Å². The number of rotatable bonds is 11. The average molecular weight is 329 g/mol. The van der Waals surface area contributed by atoms with Crippen molar-refractivity contribution in [2.45, 2.75) is 32.6 Å². The Morgan fingerprint density at radius 1 is 0.739 bits per heavy atom. The first-order chi connectivity index (χ1) is 10.8. The van der Waals surface area contributed by atoms with Crippen LogP contribution in [0.5, 0.6) is 0 Å². The third-order valence-electron chi connectivity index (χ3n) is 2.69. The topological polar surface area (TPSA) is 131 Å². The number of amides is 3. The minimum absolute atomic E-state index is 0.0863. The van der Waals surface area contributed by atoms with Crippen molar-refractivity contribution in [2.24, 2.45) is 0 Å². The molecule has 0 aliphatic rings. The van der Waals surface area contributed by atoms with Crippen LogP contribution >= 0.6 is 0 Å². The zero-order valence-electron chi connectivity index (χ0n) is 13.4. The second-order valence-corrected chi connectivity index (χ2v) is 4.82. The minimum atomic E-state index is -0.508. The Kier molecular flexibility index (Phi) is 10.8. The van der Waals surface area contributed by atoms with Crippen molar-refractivity contribution < 1.29 is 28.7 Å². The first-order valence-corrected chi connectivity index (χ1v) is 7.21. The van der Waals surface area contributed by atoms with E-state index in [1.54, 1.807) is 0 Å². The van der Waals surface area contributed by atoms with E-state index >= 15 is 0 Å². The summed E-state index contributed by atoms with van der Waals surface area (Å²) < 4.78 is 4.47. The SMILES string of the molecule is COC(=O)CCCCC(=O)NCC(=O)NCC(=O)NCC(C)=O. The van der Waals surface area contributed by atoms with Crippen LogP contribution in [0.25, 0.3) is 0 Å². The number of ether oxygens (including phenoxy) is 1. The summed E-state index contributed by atoms with van der Waals surface area (Å²) >= 11 is 0. The van der Waals surface area contributed by atoms with Crippen LogP contribution in [0.1, 0.15) is 32.6 Å². The van der Waals surface area contributed by atoms with Crippen molar-refractivity contribution >= 4 is 29.5 Å². The molecule has 9 nitrogen and oxygen atoms in total. The van der Waals surface area contributed by atoms with Gasteiger partial charge in [-0.15, -0.1) is 0 Å². The van der Waals surface area contributed by atoms with Gasteiger partial charge in [-0.1, -0.05) is 0 Å². The zero-order valence-corrected chi connectivity index (χ0v) is 13.4. The summed E-state index contributed by atoms with van der Waals surface area (Å²) in [5.74, 6) is -1.82. The van der Waals surface area contributed by atoms with Gasteiger partial charge in [0.1, 0.15) is 5.78 Å². The lowest BCUT2D eigenvalue weighted by molar-refractivity contribution is -0.140. The summed E-state index contributed by atoms with van der Waals surface area (Å²) in [7, 11) is 1.30. The van der Waals surface area contributed by atoms with Crippen LogP contribution in [-0.2, 0) is 28.7 Å². The largest absolute Gasteiger partial charge is 0.469 e. The van der Waals surface area contributed by atoms with E-state index in [0.29, 0.717) is 12.8 Å². The number of nitrogens with one attached hydrogen (secondary N) is 3. The summed E-state index contributed by atoms with van der Waals surface area (Å²) in [6.07, 6.45) is 1.49.